The van der Waals surface area contributed by atoms with Crippen LogP contribution in [0.1, 0.15) is 46.0 Å². The summed E-state index contributed by atoms with van der Waals surface area (Å²) >= 11 is 0. The zero-order valence-corrected chi connectivity index (χ0v) is 14.7. The van der Waals surface area contributed by atoms with Crippen LogP contribution in [-0.2, 0) is 9.53 Å². The first kappa shape index (κ1) is 17.2. The van der Waals surface area contributed by atoms with Gasteiger partial charge in [-0.2, -0.15) is 0 Å². The van der Waals surface area contributed by atoms with Gasteiger partial charge in [0, 0.05) is 44.7 Å². The number of carbonyl (C=O) groups is 1. The summed E-state index contributed by atoms with van der Waals surface area (Å²) in [5, 5.41) is 6.75. The third kappa shape index (κ3) is 5.16. The molecule has 3 rings (SSSR count). The highest BCUT2D eigenvalue weighted by molar-refractivity contribution is 5.76. The molecule has 0 spiro atoms. The van der Waals surface area contributed by atoms with Gasteiger partial charge in [0.2, 0.25) is 5.91 Å². The summed E-state index contributed by atoms with van der Waals surface area (Å²) in [6, 6.07) is 1.33. The van der Waals surface area contributed by atoms with E-state index in [9.17, 15) is 4.79 Å². The second kappa shape index (κ2) is 7.95. The smallest absolute Gasteiger partial charge is 0.220 e. The maximum atomic E-state index is 12.2. The molecule has 23 heavy (non-hydrogen) atoms. The first-order valence-corrected chi connectivity index (χ1v) is 9.45. The van der Waals surface area contributed by atoms with Crippen LogP contribution in [0.25, 0.3) is 0 Å². The number of nitrogens with zero attached hydrogens (tertiary/aromatic N) is 1. The van der Waals surface area contributed by atoms with Crippen molar-refractivity contribution in [3.63, 3.8) is 0 Å². The molecule has 3 fully saturated rings. The number of ether oxygens (including phenoxy) is 1. The van der Waals surface area contributed by atoms with Crippen molar-refractivity contribution in [3.05, 3.63) is 0 Å². The Morgan fingerprint density at radius 2 is 2.04 bits per heavy atom. The molecule has 0 saturated carbocycles. The van der Waals surface area contributed by atoms with E-state index in [1.165, 1.54) is 25.7 Å². The molecule has 3 atom stereocenters. The second-order valence-corrected chi connectivity index (χ2v) is 8.13. The number of hydrogen-bond acceptors (Lipinski definition) is 4. The normalized spacial score (nSPS) is 34.7. The van der Waals surface area contributed by atoms with Crippen molar-refractivity contribution < 1.29 is 9.53 Å². The molecule has 0 aromatic heterocycles. The zero-order chi connectivity index (χ0) is 16.2. The maximum absolute atomic E-state index is 12.2. The van der Waals surface area contributed by atoms with Crippen LogP contribution in [0, 0.1) is 11.8 Å². The molecule has 3 heterocycles. The standard InChI is InChI=1S/C18H33N3O2/c1-13(2)11-21-5-6-23-17(12-21)10-19-18(22)9-14-7-15-3-4-16(8-14)20-15/h13-17,20H,3-12H2,1-2H3,(H,19,22). The van der Waals surface area contributed by atoms with Crippen molar-refractivity contribution >= 4 is 5.91 Å². The van der Waals surface area contributed by atoms with Crippen molar-refractivity contribution in [1.82, 2.24) is 15.5 Å². The van der Waals surface area contributed by atoms with Crippen LogP contribution < -0.4 is 10.6 Å². The van der Waals surface area contributed by atoms with Crippen LogP contribution in [0.3, 0.4) is 0 Å². The highest BCUT2D eigenvalue weighted by Gasteiger charge is 2.34. The minimum Gasteiger partial charge on any atom is -0.374 e. The van der Waals surface area contributed by atoms with Crippen LogP contribution in [0.15, 0.2) is 0 Å². The fourth-order valence-electron chi connectivity index (χ4n) is 4.49. The highest BCUT2D eigenvalue weighted by atomic mass is 16.5. The molecule has 1 amide bonds. The van der Waals surface area contributed by atoms with Crippen LogP contribution in [0.2, 0.25) is 0 Å². The lowest BCUT2D eigenvalue weighted by molar-refractivity contribution is -0.123. The Labute approximate surface area is 140 Å². The molecule has 3 unspecified atom stereocenters. The van der Waals surface area contributed by atoms with Crippen molar-refractivity contribution in [2.75, 3.05) is 32.8 Å². The topological polar surface area (TPSA) is 53.6 Å². The summed E-state index contributed by atoms with van der Waals surface area (Å²) in [5.41, 5.74) is 0. The maximum Gasteiger partial charge on any atom is 0.220 e. The molecule has 2 bridgehead atoms. The fraction of sp³-hybridized carbons (Fsp3) is 0.944. The molecular weight excluding hydrogens is 290 g/mol. The van der Waals surface area contributed by atoms with Gasteiger partial charge in [0.25, 0.3) is 0 Å². The van der Waals surface area contributed by atoms with E-state index in [1.54, 1.807) is 0 Å². The molecule has 3 aliphatic heterocycles. The van der Waals surface area contributed by atoms with Crippen molar-refractivity contribution in [1.29, 1.82) is 0 Å². The Morgan fingerprint density at radius 1 is 1.30 bits per heavy atom. The van der Waals surface area contributed by atoms with Gasteiger partial charge in [-0.15, -0.1) is 0 Å². The highest BCUT2D eigenvalue weighted by Crippen LogP contribution is 2.32. The quantitative estimate of drug-likeness (QED) is 0.775. The number of carbonyl (C=O) groups excluding carboxylic acids is 1. The van der Waals surface area contributed by atoms with Crippen LogP contribution in [-0.4, -0.2) is 61.8 Å². The molecule has 3 saturated heterocycles. The first-order chi connectivity index (χ1) is 11.1. The fourth-order valence-corrected chi connectivity index (χ4v) is 4.49. The van der Waals surface area contributed by atoms with Gasteiger partial charge in [0.15, 0.2) is 0 Å². The Balaban J connectivity index is 1.35. The van der Waals surface area contributed by atoms with E-state index >= 15 is 0 Å². The molecule has 3 aliphatic rings. The summed E-state index contributed by atoms with van der Waals surface area (Å²) in [7, 11) is 0. The number of morpholine rings is 1. The van der Waals surface area contributed by atoms with Gasteiger partial charge in [-0.3, -0.25) is 9.69 Å². The number of nitrogens with one attached hydrogen (secondary N) is 2. The van der Waals surface area contributed by atoms with Gasteiger partial charge in [-0.1, -0.05) is 13.8 Å². The Morgan fingerprint density at radius 3 is 2.74 bits per heavy atom. The van der Waals surface area contributed by atoms with E-state index in [-0.39, 0.29) is 12.0 Å². The molecule has 0 aliphatic carbocycles. The molecule has 5 nitrogen and oxygen atoms in total. The number of hydrogen-bond donors (Lipinski definition) is 2. The van der Waals surface area contributed by atoms with E-state index < -0.39 is 0 Å². The molecule has 0 radical (unpaired) electrons. The average Bonchev–Trinajstić information content (AvgIpc) is 2.84. The van der Waals surface area contributed by atoms with E-state index in [0.717, 1.165) is 26.2 Å². The summed E-state index contributed by atoms with van der Waals surface area (Å²) in [4.78, 5) is 14.7. The third-order valence-electron chi connectivity index (χ3n) is 5.42. The predicted octanol–water partition coefficient (Wildman–Crippen LogP) is 1.38. The largest absolute Gasteiger partial charge is 0.374 e. The van der Waals surface area contributed by atoms with E-state index in [4.69, 9.17) is 4.74 Å². The predicted molar refractivity (Wildman–Crippen MR) is 91.3 cm³/mol. The molecule has 0 aromatic rings. The Kier molecular flexibility index (Phi) is 5.94. The lowest BCUT2D eigenvalue weighted by atomic mass is 9.89. The minimum absolute atomic E-state index is 0.149. The van der Waals surface area contributed by atoms with E-state index in [0.29, 0.717) is 36.9 Å². The zero-order valence-electron chi connectivity index (χ0n) is 14.7. The molecule has 5 heteroatoms. The number of amides is 1. The van der Waals surface area contributed by atoms with E-state index in [1.807, 2.05) is 0 Å². The second-order valence-electron chi connectivity index (χ2n) is 8.13. The molecule has 2 N–H and O–H groups in total. The van der Waals surface area contributed by atoms with Gasteiger partial charge in [-0.25, -0.2) is 0 Å². The lowest BCUT2D eigenvalue weighted by Crippen LogP contribution is -2.48. The Hall–Kier alpha value is -0.650. The van der Waals surface area contributed by atoms with Gasteiger partial charge in [0.05, 0.1) is 12.7 Å². The summed E-state index contributed by atoms with van der Waals surface area (Å²) in [6.07, 6.45) is 5.78. The lowest BCUT2D eigenvalue weighted by Gasteiger charge is -2.34. The van der Waals surface area contributed by atoms with Gasteiger partial charge in [0.1, 0.15) is 0 Å². The molecular formula is C18H33N3O2. The number of rotatable bonds is 6. The third-order valence-corrected chi connectivity index (χ3v) is 5.42. The van der Waals surface area contributed by atoms with Gasteiger partial charge >= 0.3 is 0 Å². The van der Waals surface area contributed by atoms with Crippen molar-refractivity contribution in [2.45, 2.75) is 64.1 Å². The summed E-state index contributed by atoms with van der Waals surface area (Å²) in [6.45, 7) is 9.01. The average molecular weight is 323 g/mol. The van der Waals surface area contributed by atoms with Gasteiger partial charge < -0.3 is 15.4 Å². The number of fused-ring (bicyclic) bond motifs is 2. The SMILES string of the molecule is CC(C)CN1CCOC(CNC(=O)CC2CC3CCC(C2)N3)C1. The number of piperidine rings is 1. The van der Waals surface area contributed by atoms with Crippen LogP contribution in [0.5, 0.6) is 0 Å². The monoisotopic (exact) mass is 323 g/mol. The first-order valence-electron chi connectivity index (χ1n) is 9.45. The molecule has 132 valence electrons. The van der Waals surface area contributed by atoms with Crippen LogP contribution in [0.4, 0.5) is 0 Å². The summed E-state index contributed by atoms with van der Waals surface area (Å²) in [5.74, 6) is 1.46. The Bertz CT molecular complexity index is 390. The minimum atomic E-state index is 0.149. The van der Waals surface area contributed by atoms with E-state index in [2.05, 4.69) is 29.4 Å². The van der Waals surface area contributed by atoms with Crippen LogP contribution >= 0.6 is 0 Å². The summed E-state index contributed by atoms with van der Waals surface area (Å²) < 4.78 is 5.81. The van der Waals surface area contributed by atoms with Crippen molar-refractivity contribution in [3.8, 4) is 0 Å². The van der Waals surface area contributed by atoms with Gasteiger partial charge in [-0.05, 0) is 37.5 Å². The van der Waals surface area contributed by atoms with Crippen molar-refractivity contribution in [2.24, 2.45) is 11.8 Å². The molecule has 0 aromatic carbocycles.